The van der Waals surface area contributed by atoms with Crippen molar-refractivity contribution in [1.82, 2.24) is 19.4 Å². The van der Waals surface area contributed by atoms with Crippen molar-refractivity contribution < 1.29 is 9.59 Å². The predicted molar refractivity (Wildman–Crippen MR) is 127 cm³/mol. The molecular formula is C24H36N4O2S. The molecule has 1 aromatic carbocycles. The van der Waals surface area contributed by atoms with Gasteiger partial charge in [-0.3, -0.25) is 9.59 Å². The monoisotopic (exact) mass is 444 g/mol. The molecule has 1 aromatic heterocycles. The van der Waals surface area contributed by atoms with Crippen LogP contribution in [-0.4, -0.2) is 61.1 Å². The number of imidazole rings is 1. The number of carbonyl (C=O) groups excluding carboxylic acids is 2. The molecule has 2 aromatic rings. The Hall–Kier alpha value is -2.02. The number of hydrogen-bond donors (Lipinski definition) is 0. The van der Waals surface area contributed by atoms with Crippen LogP contribution < -0.4 is 0 Å². The van der Waals surface area contributed by atoms with E-state index in [0.717, 1.165) is 29.0 Å². The summed E-state index contributed by atoms with van der Waals surface area (Å²) in [7, 11) is 0. The first kappa shape index (κ1) is 23.6. The highest BCUT2D eigenvalue weighted by molar-refractivity contribution is 7.99. The molecule has 1 saturated heterocycles. The van der Waals surface area contributed by atoms with E-state index in [4.69, 9.17) is 4.98 Å². The van der Waals surface area contributed by atoms with Gasteiger partial charge in [0.25, 0.3) is 0 Å². The third-order valence-corrected chi connectivity index (χ3v) is 7.08. The summed E-state index contributed by atoms with van der Waals surface area (Å²) < 4.78 is 1.97. The van der Waals surface area contributed by atoms with Gasteiger partial charge in [-0.1, -0.05) is 23.9 Å². The number of rotatable bonds is 7. The van der Waals surface area contributed by atoms with Crippen molar-refractivity contribution in [1.29, 1.82) is 0 Å². The second-order valence-corrected chi connectivity index (χ2v) is 10.1. The fourth-order valence-corrected chi connectivity index (χ4v) is 5.70. The number of carbonyl (C=O) groups is 2. The number of para-hydroxylation sites is 2. The number of fused-ring (bicyclic) bond motifs is 1. The Kier molecular flexibility index (Phi) is 7.68. The van der Waals surface area contributed by atoms with Gasteiger partial charge in [0.2, 0.25) is 11.8 Å². The second kappa shape index (κ2) is 10.1. The van der Waals surface area contributed by atoms with Gasteiger partial charge in [-0.05, 0) is 72.9 Å². The van der Waals surface area contributed by atoms with E-state index in [1.807, 2.05) is 66.3 Å². The Bertz CT molecular complexity index is 905. The number of benzene rings is 1. The maximum absolute atomic E-state index is 13.2. The molecule has 2 atom stereocenters. The molecule has 1 aliphatic rings. The first-order chi connectivity index (χ1) is 14.7. The van der Waals surface area contributed by atoms with Crippen LogP contribution in [0, 0.1) is 0 Å². The minimum absolute atomic E-state index is 0.0691. The third-order valence-electron chi connectivity index (χ3n) is 6.12. The lowest BCUT2D eigenvalue weighted by molar-refractivity contribution is -0.135. The van der Waals surface area contributed by atoms with E-state index >= 15 is 0 Å². The van der Waals surface area contributed by atoms with E-state index in [9.17, 15) is 9.59 Å². The molecule has 0 spiro atoms. The highest BCUT2D eigenvalue weighted by atomic mass is 32.2. The van der Waals surface area contributed by atoms with Crippen LogP contribution >= 0.6 is 11.8 Å². The molecule has 0 radical (unpaired) electrons. The predicted octanol–water partition coefficient (Wildman–Crippen LogP) is 4.56. The highest BCUT2D eigenvalue weighted by Crippen LogP contribution is 2.28. The number of likely N-dealkylation sites (tertiary alicyclic amines) is 1. The Balaban J connectivity index is 1.82. The van der Waals surface area contributed by atoms with E-state index in [-0.39, 0.29) is 42.5 Å². The van der Waals surface area contributed by atoms with E-state index < -0.39 is 0 Å². The molecule has 0 N–H and O–H groups in total. The molecule has 1 aliphatic heterocycles. The third kappa shape index (κ3) is 5.25. The molecule has 0 unspecified atom stereocenters. The number of nitrogens with zero attached hydrogens (tertiary/aromatic N) is 4. The Morgan fingerprint density at radius 1 is 1.10 bits per heavy atom. The van der Waals surface area contributed by atoms with E-state index in [2.05, 4.69) is 13.8 Å². The van der Waals surface area contributed by atoms with Gasteiger partial charge >= 0.3 is 0 Å². The van der Waals surface area contributed by atoms with Crippen molar-refractivity contribution in [2.45, 2.75) is 96.7 Å². The fourth-order valence-electron chi connectivity index (χ4n) is 4.82. The zero-order valence-corrected chi connectivity index (χ0v) is 20.5. The quantitative estimate of drug-likeness (QED) is 0.587. The van der Waals surface area contributed by atoms with Crippen LogP contribution in [0.3, 0.4) is 0 Å². The topological polar surface area (TPSA) is 58.4 Å². The molecule has 2 heterocycles. The molecule has 1 fully saturated rings. The summed E-state index contributed by atoms with van der Waals surface area (Å²) >= 11 is 1.44. The van der Waals surface area contributed by atoms with Gasteiger partial charge in [0.05, 0.1) is 16.8 Å². The molecule has 2 amide bonds. The SMILES string of the molecule is CC(C)N(C(=O)Cn1c(SCC(=O)N2[C@@H](C)CCC[C@@H]2C)nc2ccccc21)C(C)C. The van der Waals surface area contributed by atoms with Crippen LogP contribution in [0.25, 0.3) is 11.0 Å². The lowest BCUT2D eigenvalue weighted by Crippen LogP contribution is -2.48. The molecule has 3 rings (SSSR count). The number of hydrogen-bond acceptors (Lipinski definition) is 4. The Morgan fingerprint density at radius 2 is 1.71 bits per heavy atom. The van der Waals surface area contributed by atoms with Crippen molar-refractivity contribution in [2.75, 3.05) is 5.75 Å². The van der Waals surface area contributed by atoms with Crippen LogP contribution in [0.5, 0.6) is 0 Å². The largest absolute Gasteiger partial charge is 0.337 e. The number of amides is 2. The smallest absolute Gasteiger partial charge is 0.243 e. The van der Waals surface area contributed by atoms with Crippen molar-refractivity contribution in [3.05, 3.63) is 24.3 Å². The van der Waals surface area contributed by atoms with Crippen LogP contribution in [0.1, 0.15) is 60.8 Å². The molecule has 0 aliphatic carbocycles. The van der Waals surface area contributed by atoms with Gasteiger partial charge in [-0.2, -0.15) is 0 Å². The molecule has 0 bridgehead atoms. The van der Waals surface area contributed by atoms with Crippen LogP contribution in [0.15, 0.2) is 29.4 Å². The van der Waals surface area contributed by atoms with Gasteiger partial charge in [0, 0.05) is 24.2 Å². The Morgan fingerprint density at radius 3 is 2.32 bits per heavy atom. The van der Waals surface area contributed by atoms with Gasteiger partial charge in [-0.25, -0.2) is 4.98 Å². The zero-order valence-electron chi connectivity index (χ0n) is 19.7. The number of piperidine rings is 1. The summed E-state index contributed by atoms with van der Waals surface area (Å²) in [6.07, 6.45) is 3.31. The van der Waals surface area contributed by atoms with Crippen LogP contribution in [0.2, 0.25) is 0 Å². The van der Waals surface area contributed by atoms with Gasteiger partial charge in [0.1, 0.15) is 6.54 Å². The lowest BCUT2D eigenvalue weighted by atomic mass is 9.98. The highest BCUT2D eigenvalue weighted by Gasteiger charge is 2.29. The summed E-state index contributed by atoms with van der Waals surface area (Å²) in [5, 5.41) is 0.729. The summed E-state index contributed by atoms with van der Waals surface area (Å²) in [4.78, 5) is 34.9. The van der Waals surface area contributed by atoms with E-state index in [1.54, 1.807) is 0 Å². The maximum Gasteiger partial charge on any atom is 0.243 e. The molecule has 7 heteroatoms. The zero-order chi connectivity index (χ0) is 22.7. The standard InChI is InChI=1S/C24H36N4O2S/c1-16(2)27(17(3)4)22(29)14-26-21-13-8-7-12-20(21)25-24(26)31-15-23(30)28-18(5)10-9-11-19(28)6/h7-8,12-13,16-19H,9-11,14-15H2,1-6H3/t18-,19-/m0/s1. The average Bonchev–Trinajstić information content (AvgIpc) is 3.03. The molecule has 170 valence electrons. The van der Waals surface area contributed by atoms with Crippen LogP contribution in [-0.2, 0) is 16.1 Å². The van der Waals surface area contributed by atoms with Crippen LogP contribution in [0.4, 0.5) is 0 Å². The first-order valence-corrected chi connectivity index (χ1v) is 12.4. The summed E-state index contributed by atoms with van der Waals surface area (Å²) in [6, 6.07) is 8.68. The van der Waals surface area contributed by atoms with E-state index in [1.165, 1.54) is 18.2 Å². The summed E-state index contributed by atoms with van der Waals surface area (Å²) in [5.41, 5.74) is 1.78. The van der Waals surface area contributed by atoms with Gasteiger partial charge < -0.3 is 14.4 Å². The summed E-state index contributed by atoms with van der Waals surface area (Å²) in [5.74, 6) is 0.560. The number of aromatic nitrogens is 2. The van der Waals surface area contributed by atoms with Crippen molar-refractivity contribution >= 4 is 34.6 Å². The molecule has 31 heavy (non-hydrogen) atoms. The minimum Gasteiger partial charge on any atom is -0.337 e. The first-order valence-electron chi connectivity index (χ1n) is 11.4. The molecular weight excluding hydrogens is 408 g/mol. The van der Waals surface area contributed by atoms with Crippen molar-refractivity contribution in [3.63, 3.8) is 0 Å². The van der Waals surface area contributed by atoms with Crippen molar-refractivity contribution in [3.8, 4) is 0 Å². The maximum atomic E-state index is 13.2. The second-order valence-electron chi connectivity index (χ2n) is 9.18. The van der Waals surface area contributed by atoms with Crippen molar-refractivity contribution in [2.24, 2.45) is 0 Å². The van der Waals surface area contributed by atoms with Gasteiger partial charge in [0.15, 0.2) is 5.16 Å². The van der Waals surface area contributed by atoms with Gasteiger partial charge in [-0.15, -0.1) is 0 Å². The fraction of sp³-hybridized carbons (Fsp3) is 0.625. The Labute approximate surface area is 190 Å². The van der Waals surface area contributed by atoms with E-state index in [0.29, 0.717) is 5.75 Å². The normalized spacial score (nSPS) is 19.4. The lowest BCUT2D eigenvalue weighted by Gasteiger charge is -2.39. The molecule has 6 nitrogen and oxygen atoms in total. The minimum atomic E-state index is 0.0691. The summed E-state index contributed by atoms with van der Waals surface area (Å²) in [6.45, 7) is 12.7. The number of thioether (sulfide) groups is 1. The average molecular weight is 445 g/mol. The molecule has 0 saturated carbocycles.